The molecule has 1 aromatic heterocycles. The van der Waals surface area contributed by atoms with Gasteiger partial charge in [-0.3, -0.25) is 4.79 Å². The molecule has 0 radical (unpaired) electrons. The quantitative estimate of drug-likeness (QED) is 0.436. The molecule has 0 bridgehead atoms. The lowest BCUT2D eigenvalue weighted by atomic mass is 10.1. The zero-order chi connectivity index (χ0) is 23.8. The van der Waals surface area contributed by atoms with Crippen molar-refractivity contribution in [2.24, 2.45) is 0 Å². The van der Waals surface area contributed by atoms with Crippen LogP contribution in [0.3, 0.4) is 0 Å². The number of H-pyrrole nitrogens is 1. The van der Waals surface area contributed by atoms with E-state index in [-0.39, 0.29) is 5.56 Å². The lowest BCUT2D eigenvalue weighted by Gasteiger charge is -2.29. The largest absolute Gasteiger partial charge is 0.362 e. The molecule has 0 aliphatic carbocycles. The van der Waals surface area contributed by atoms with Crippen molar-refractivity contribution < 1.29 is 0 Å². The van der Waals surface area contributed by atoms with Gasteiger partial charge < -0.3 is 20.1 Å². The monoisotopic (exact) mass is 464 g/mol. The first-order chi connectivity index (χ1) is 15.9. The average molecular weight is 465 g/mol. The second-order valence-corrected chi connectivity index (χ2v) is 8.97. The molecule has 0 amide bonds. The van der Waals surface area contributed by atoms with Crippen LogP contribution < -0.4 is 10.9 Å². The fourth-order valence-corrected chi connectivity index (χ4v) is 4.44. The summed E-state index contributed by atoms with van der Waals surface area (Å²) in [7, 11) is 0. The van der Waals surface area contributed by atoms with Crippen molar-refractivity contribution >= 4 is 28.2 Å². The van der Waals surface area contributed by atoms with E-state index < -0.39 is 0 Å². The summed E-state index contributed by atoms with van der Waals surface area (Å²) in [5.74, 6) is 0. The van der Waals surface area contributed by atoms with Crippen LogP contribution in [-0.4, -0.2) is 52.6 Å². The fourth-order valence-electron chi connectivity index (χ4n) is 4.18. The minimum Gasteiger partial charge on any atom is -0.362 e. The van der Waals surface area contributed by atoms with Crippen LogP contribution in [0.1, 0.15) is 36.1 Å². The number of aromatic nitrogens is 1. The second kappa shape index (κ2) is 12.0. The topological polar surface area (TPSA) is 51.4 Å². The summed E-state index contributed by atoms with van der Waals surface area (Å²) >= 11 is 5.78. The summed E-state index contributed by atoms with van der Waals surface area (Å²) in [4.78, 5) is 20.5. The Morgan fingerprint density at radius 3 is 2.45 bits per heavy atom. The standard InChI is InChI=1S/C27H36N4OS/c1-5-30(6-2)14-15-31(27(33)28-13-12-22-10-8-7-9-11-22)19-24-18-23-17-20(3)16-21(4)25(23)29-26(24)32/h7-11,16-18H,5-6,12-15,19H2,1-4H3,(H,28,33)(H,29,32). The SMILES string of the molecule is CCN(CC)CCN(Cc1cc2cc(C)cc(C)c2[nH]c1=O)C(=S)NCCc1ccccc1. The van der Waals surface area contributed by atoms with Crippen LogP contribution in [0, 0.1) is 13.8 Å². The molecule has 0 unspecified atom stereocenters. The maximum atomic E-state index is 12.9. The molecular weight excluding hydrogens is 428 g/mol. The zero-order valence-electron chi connectivity index (χ0n) is 20.3. The van der Waals surface area contributed by atoms with Gasteiger partial charge in [-0.25, -0.2) is 0 Å². The van der Waals surface area contributed by atoms with E-state index >= 15 is 0 Å². The molecular formula is C27H36N4OS. The van der Waals surface area contributed by atoms with Crippen molar-refractivity contribution in [2.45, 2.75) is 40.7 Å². The number of nitrogens with one attached hydrogen (secondary N) is 2. The van der Waals surface area contributed by atoms with Crippen LogP contribution in [0.2, 0.25) is 0 Å². The van der Waals surface area contributed by atoms with E-state index in [0.29, 0.717) is 11.7 Å². The number of hydrogen-bond acceptors (Lipinski definition) is 3. The molecule has 176 valence electrons. The Morgan fingerprint density at radius 1 is 1.03 bits per heavy atom. The second-order valence-electron chi connectivity index (χ2n) is 8.59. The Labute approximate surface area is 202 Å². The van der Waals surface area contributed by atoms with Crippen molar-refractivity contribution in [1.82, 2.24) is 20.1 Å². The molecule has 0 aliphatic heterocycles. The third kappa shape index (κ3) is 6.89. The molecule has 0 spiro atoms. The number of pyridine rings is 1. The minimum atomic E-state index is -0.0469. The summed E-state index contributed by atoms with van der Waals surface area (Å²) in [5.41, 5.74) is 5.15. The van der Waals surface area contributed by atoms with Gasteiger partial charge >= 0.3 is 0 Å². The molecule has 3 rings (SSSR count). The van der Waals surface area contributed by atoms with Crippen LogP contribution in [0.25, 0.3) is 10.9 Å². The number of thiocarbonyl (C=S) groups is 1. The fraction of sp³-hybridized carbons (Fsp3) is 0.407. The highest BCUT2D eigenvalue weighted by atomic mass is 32.1. The Hall–Kier alpha value is -2.70. The van der Waals surface area contributed by atoms with E-state index in [2.05, 4.69) is 77.3 Å². The Bertz CT molecular complexity index is 1120. The third-order valence-corrected chi connectivity index (χ3v) is 6.53. The zero-order valence-corrected chi connectivity index (χ0v) is 21.1. The van der Waals surface area contributed by atoms with Gasteiger partial charge in [-0.1, -0.05) is 55.8 Å². The van der Waals surface area contributed by atoms with E-state index in [1.807, 2.05) is 19.1 Å². The van der Waals surface area contributed by atoms with Gasteiger partial charge in [0.1, 0.15) is 0 Å². The maximum absolute atomic E-state index is 12.9. The lowest BCUT2D eigenvalue weighted by molar-refractivity contribution is 0.263. The number of benzene rings is 2. The van der Waals surface area contributed by atoms with Crippen LogP contribution in [0.5, 0.6) is 0 Å². The Morgan fingerprint density at radius 2 is 1.76 bits per heavy atom. The predicted octanol–water partition coefficient (Wildman–Crippen LogP) is 4.41. The first-order valence-electron chi connectivity index (χ1n) is 11.8. The maximum Gasteiger partial charge on any atom is 0.253 e. The van der Waals surface area contributed by atoms with E-state index in [4.69, 9.17) is 12.2 Å². The Balaban J connectivity index is 1.77. The number of hydrogen-bond donors (Lipinski definition) is 2. The highest BCUT2D eigenvalue weighted by Gasteiger charge is 2.15. The van der Waals surface area contributed by atoms with Gasteiger partial charge in [0.2, 0.25) is 0 Å². The summed E-state index contributed by atoms with van der Waals surface area (Å²) < 4.78 is 0. The van der Waals surface area contributed by atoms with Crippen LogP contribution in [0.15, 0.2) is 53.3 Å². The molecule has 2 aromatic carbocycles. The van der Waals surface area contributed by atoms with Crippen LogP contribution in [-0.2, 0) is 13.0 Å². The van der Waals surface area contributed by atoms with E-state index in [9.17, 15) is 4.79 Å². The Kier molecular flexibility index (Phi) is 9.03. The van der Waals surface area contributed by atoms with Crippen molar-refractivity contribution in [3.63, 3.8) is 0 Å². The highest BCUT2D eigenvalue weighted by molar-refractivity contribution is 7.80. The first kappa shape index (κ1) is 24.9. The molecule has 0 fully saturated rings. The van der Waals surface area contributed by atoms with Gasteiger partial charge in [0.25, 0.3) is 5.56 Å². The summed E-state index contributed by atoms with van der Waals surface area (Å²) in [5, 5.41) is 5.17. The van der Waals surface area contributed by atoms with E-state index in [0.717, 1.165) is 61.2 Å². The third-order valence-electron chi connectivity index (χ3n) is 6.13. The number of nitrogens with zero attached hydrogens (tertiary/aromatic N) is 2. The molecule has 0 atom stereocenters. The lowest BCUT2D eigenvalue weighted by Crippen LogP contribution is -2.44. The molecule has 1 heterocycles. The summed E-state index contributed by atoms with van der Waals surface area (Å²) in [6.07, 6.45) is 0.903. The molecule has 6 heteroatoms. The number of fused-ring (bicyclic) bond motifs is 1. The van der Waals surface area contributed by atoms with Gasteiger partial charge in [0, 0.05) is 25.2 Å². The molecule has 0 saturated heterocycles. The summed E-state index contributed by atoms with van der Waals surface area (Å²) in [6, 6.07) is 16.6. The van der Waals surface area contributed by atoms with Crippen molar-refractivity contribution in [1.29, 1.82) is 0 Å². The average Bonchev–Trinajstić information content (AvgIpc) is 2.80. The smallest absolute Gasteiger partial charge is 0.253 e. The number of aryl methyl sites for hydroxylation is 2. The van der Waals surface area contributed by atoms with Crippen LogP contribution in [0.4, 0.5) is 0 Å². The molecule has 2 N–H and O–H groups in total. The molecule has 0 aliphatic rings. The van der Waals surface area contributed by atoms with Crippen LogP contribution >= 0.6 is 12.2 Å². The van der Waals surface area contributed by atoms with Gasteiger partial charge in [-0.05, 0) is 74.2 Å². The highest BCUT2D eigenvalue weighted by Crippen LogP contribution is 2.18. The van der Waals surface area contributed by atoms with Crippen molar-refractivity contribution in [3.8, 4) is 0 Å². The van der Waals surface area contributed by atoms with Gasteiger partial charge in [-0.15, -0.1) is 0 Å². The number of likely N-dealkylation sites (N-methyl/N-ethyl adjacent to an activating group) is 1. The normalized spacial score (nSPS) is 11.2. The van der Waals surface area contributed by atoms with Gasteiger partial charge in [0.05, 0.1) is 12.1 Å². The number of rotatable bonds is 10. The number of aromatic amines is 1. The predicted molar refractivity (Wildman–Crippen MR) is 143 cm³/mol. The molecule has 5 nitrogen and oxygen atoms in total. The van der Waals surface area contributed by atoms with Gasteiger partial charge in [0.15, 0.2) is 5.11 Å². The minimum absolute atomic E-state index is 0.0469. The molecule has 3 aromatic rings. The van der Waals surface area contributed by atoms with Crippen molar-refractivity contribution in [3.05, 3.63) is 81.1 Å². The van der Waals surface area contributed by atoms with E-state index in [1.165, 1.54) is 11.1 Å². The first-order valence-corrected chi connectivity index (χ1v) is 12.2. The molecule has 0 saturated carbocycles. The van der Waals surface area contributed by atoms with Gasteiger partial charge in [-0.2, -0.15) is 0 Å². The van der Waals surface area contributed by atoms with Crippen molar-refractivity contribution in [2.75, 3.05) is 32.7 Å². The molecule has 33 heavy (non-hydrogen) atoms. The summed E-state index contributed by atoms with van der Waals surface area (Å²) in [6.45, 7) is 13.4. The van der Waals surface area contributed by atoms with E-state index in [1.54, 1.807) is 0 Å².